The Bertz CT molecular complexity index is 336. The van der Waals surface area contributed by atoms with Gasteiger partial charge in [-0.2, -0.15) is 4.98 Å². The molecule has 0 amide bonds. The first-order valence-corrected chi connectivity index (χ1v) is 6.18. The van der Waals surface area contributed by atoms with Crippen LogP contribution in [-0.4, -0.2) is 29.1 Å². The van der Waals surface area contributed by atoms with Crippen molar-refractivity contribution in [3.05, 3.63) is 12.3 Å². The Hall–Kier alpha value is -1.32. The third-order valence-electron chi connectivity index (χ3n) is 2.72. The molecule has 4 nitrogen and oxygen atoms in total. The molecule has 1 aromatic heterocycles. The number of aromatic nitrogens is 2. The number of nitrogens with one attached hydrogen (secondary N) is 1. The third-order valence-corrected chi connectivity index (χ3v) is 2.72. The molecule has 1 aliphatic carbocycles. The van der Waals surface area contributed by atoms with E-state index in [0.29, 0.717) is 6.04 Å². The van der Waals surface area contributed by atoms with Crippen LogP contribution in [0, 0.1) is 0 Å². The molecule has 0 atom stereocenters. The van der Waals surface area contributed by atoms with E-state index in [-0.39, 0.29) is 0 Å². The second-order valence-corrected chi connectivity index (χ2v) is 4.19. The highest BCUT2D eigenvalue weighted by Gasteiger charge is 2.29. The summed E-state index contributed by atoms with van der Waals surface area (Å²) in [7, 11) is 0. The molecule has 1 heterocycles. The zero-order valence-corrected chi connectivity index (χ0v) is 10.1. The fraction of sp³-hybridized carbons (Fsp3) is 0.667. The maximum Gasteiger partial charge on any atom is 0.224 e. The zero-order valence-electron chi connectivity index (χ0n) is 10.1. The van der Waals surface area contributed by atoms with E-state index < -0.39 is 0 Å². The van der Waals surface area contributed by atoms with Crippen LogP contribution in [-0.2, 0) is 0 Å². The van der Waals surface area contributed by atoms with E-state index in [1.807, 2.05) is 12.3 Å². The molecule has 0 bridgehead atoms. The second kappa shape index (κ2) is 5.14. The first kappa shape index (κ1) is 11.2. The minimum absolute atomic E-state index is 0.712. The maximum absolute atomic E-state index is 4.55. The van der Waals surface area contributed by atoms with Crippen molar-refractivity contribution in [2.24, 2.45) is 0 Å². The fourth-order valence-corrected chi connectivity index (χ4v) is 1.86. The first-order valence-electron chi connectivity index (χ1n) is 6.18. The lowest BCUT2D eigenvalue weighted by atomic mass is 10.4. The van der Waals surface area contributed by atoms with Crippen LogP contribution in [0.5, 0.6) is 0 Å². The summed E-state index contributed by atoms with van der Waals surface area (Å²) in [5, 5.41) is 3.16. The molecular weight excluding hydrogens is 200 g/mol. The van der Waals surface area contributed by atoms with E-state index in [4.69, 9.17) is 0 Å². The van der Waals surface area contributed by atoms with Gasteiger partial charge in [-0.1, -0.05) is 6.92 Å². The topological polar surface area (TPSA) is 41.1 Å². The van der Waals surface area contributed by atoms with Crippen LogP contribution in [0.1, 0.15) is 33.1 Å². The van der Waals surface area contributed by atoms with Crippen molar-refractivity contribution in [1.29, 1.82) is 0 Å². The SMILES string of the molecule is CCCN(c1ccnc(NCC)n1)C1CC1. The normalized spacial score (nSPS) is 14.9. The average molecular weight is 220 g/mol. The van der Waals surface area contributed by atoms with E-state index in [0.717, 1.165) is 31.3 Å². The van der Waals surface area contributed by atoms with Gasteiger partial charge in [0.15, 0.2) is 0 Å². The number of hydrogen-bond acceptors (Lipinski definition) is 4. The van der Waals surface area contributed by atoms with Crippen LogP contribution < -0.4 is 10.2 Å². The summed E-state index contributed by atoms with van der Waals surface area (Å²) < 4.78 is 0. The van der Waals surface area contributed by atoms with E-state index in [1.54, 1.807) is 0 Å². The standard InChI is InChI=1S/C12H20N4/c1-3-9-16(10-5-6-10)11-7-8-14-12(15-11)13-4-2/h7-8,10H,3-6,9H2,1-2H3,(H,13,14,15). The summed E-state index contributed by atoms with van der Waals surface area (Å²) in [5.74, 6) is 1.80. The summed E-state index contributed by atoms with van der Waals surface area (Å²) >= 11 is 0. The van der Waals surface area contributed by atoms with Crippen molar-refractivity contribution in [2.45, 2.75) is 39.2 Å². The Kier molecular flexibility index (Phi) is 3.59. The second-order valence-electron chi connectivity index (χ2n) is 4.19. The van der Waals surface area contributed by atoms with Crippen molar-refractivity contribution in [2.75, 3.05) is 23.3 Å². The van der Waals surface area contributed by atoms with Crippen LogP contribution in [0.3, 0.4) is 0 Å². The largest absolute Gasteiger partial charge is 0.354 e. The van der Waals surface area contributed by atoms with Crippen LogP contribution in [0.2, 0.25) is 0 Å². The lowest BCUT2D eigenvalue weighted by molar-refractivity contribution is 0.749. The molecule has 2 rings (SSSR count). The summed E-state index contributed by atoms with van der Waals surface area (Å²) in [6, 6.07) is 2.72. The predicted molar refractivity (Wildman–Crippen MR) is 66.9 cm³/mol. The predicted octanol–water partition coefficient (Wildman–Crippen LogP) is 2.29. The Morgan fingerprint density at radius 3 is 2.88 bits per heavy atom. The van der Waals surface area contributed by atoms with E-state index in [2.05, 4.69) is 34.0 Å². The average Bonchev–Trinajstić information content (AvgIpc) is 3.11. The number of anilines is 2. The van der Waals surface area contributed by atoms with Gasteiger partial charge in [-0.3, -0.25) is 0 Å². The molecule has 1 aromatic rings. The van der Waals surface area contributed by atoms with Crippen molar-refractivity contribution < 1.29 is 0 Å². The molecule has 16 heavy (non-hydrogen) atoms. The Morgan fingerprint density at radius 1 is 1.44 bits per heavy atom. The molecule has 0 unspecified atom stereocenters. The Balaban J connectivity index is 2.12. The number of nitrogens with zero attached hydrogens (tertiary/aromatic N) is 3. The lowest BCUT2D eigenvalue weighted by Gasteiger charge is -2.22. The molecule has 1 fully saturated rings. The Labute approximate surface area is 97.1 Å². The van der Waals surface area contributed by atoms with Gasteiger partial charge in [0.1, 0.15) is 5.82 Å². The van der Waals surface area contributed by atoms with Crippen LogP contribution >= 0.6 is 0 Å². The van der Waals surface area contributed by atoms with Crippen molar-refractivity contribution in [3.63, 3.8) is 0 Å². The zero-order chi connectivity index (χ0) is 11.4. The van der Waals surface area contributed by atoms with Crippen LogP contribution in [0.15, 0.2) is 12.3 Å². The summed E-state index contributed by atoms with van der Waals surface area (Å²) in [5.41, 5.74) is 0. The molecule has 1 saturated carbocycles. The molecule has 0 saturated heterocycles. The summed E-state index contributed by atoms with van der Waals surface area (Å²) in [6.07, 6.45) is 5.61. The van der Waals surface area contributed by atoms with Gasteiger partial charge in [-0.15, -0.1) is 0 Å². The van der Waals surface area contributed by atoms with Gasteiger partial charge < -0.3 is 10.2 Å². The van der Waals surface area contributed by atoms with E-state index in [1.165, 1.54) is 12.8 Å². The van der Waals surface area contributed by atoms with Crippen molar-refractivity contribution in [1.82, 2.24) is 9.97 Å². The van der Waals surface area contributed by atoms with Gasteiger partial charge in [-0.25, -0.2) is 4.98 Å². The van der Waals surface area contributed by atoms with Crippen LogP contribution in [0.4, 0.5) is 11.8 Å². The van der Waals surface area contributed by atoms with E-state index in [9.17, 15) is 0 Å². The Morgan fingerprint density at radius 2 is 2.25 bits per heavy atom. The highest BCUT2D eigenvalue weighted by molar-refractivity contribution is 5.44. The van der Waals surface area contributed by atoms with Gasteiger partial charge in [0.2, 0.25) is 5.95 Å². The monoisotopic (exact) mass is 220 g/mol. The molecule has 1 aliphatic rings. The van der Waals surface area contributed by atoms with Crippen molar-refractivity contribution >= 4 is 11.8 Å². The van der Waals surface area contributed by atoms with Gasteiger partial charge in [0, 0.05) is 25.3 Å². The molecule has 1 N–H and O–H groups in total. The summed E-state index contributed by atoms with van der Waals surface area (Å²) in [6.45, 7) is 6.22. The van der Waals surface area contributed by atoms with Gasteiger partial charge >= 0.3 is 0 Å². The molecule has 0 aromatic carbocycles. The minimum atomic E-state index is 0.712. The highest BCUT2D eigenvalue weighted by atomic mass is 15.3. The van der Waals surface area contributed by atoms with Gasteiger partial charge in [0.25, 0.3) is 0 Å². The lowest BCUT2D eigenvalue weighted by Crippen LogP contribution is -2.27. The van der Waals surface area contributed by atoms with Crippen LogP contribution in [0.25, 0.3) is 0 Å². The molecule has 0 radical (unpaired) electrons. The number of rotatable bonds is 6. The third kappa shape index (κ3) is 2.62. The maximum atomic E-state index is 4.55. The minimum Gasteiger partial charge on any atom is -0.354 e. The fourth-order valence-electron chi connectivity index (χ4n) is 1.86. The smallest absolute Gasteiger partial charge is 0.224 e. The highest BCUT2D eigenvalue weighted by Crippen LogP contribution is 2.30. The molecular formula is C12H20N4. The van der Waals surface area contributed by atoms with Gasteiger partial charge in [0.05, 0.1) is 0 Å². The number of hydrogen-bond donors (Lipinski definition) is 1. The molecule has 0 aliphatic heterocycles. The molecule has 4 heteroatoms. The molecule has 0 spiro atoms. The van der Waals surface area contributed by atoms with Gasteiger partial charge in [-0.05, 0) is 32.3 Å². The van der Waals surface area contributed by atoms with E-state index >= 15 is 0 Å². The van der Waals surface area contributed by atoms with Crippen molar-refractivity contribution in [3.8, 4) is 0 Å². The quantitative estimate of drug-likeness (QED) is 0.798. The first-order chi connectivity index (χ1) is 7.85. The molecule has 88 valence electrons. The summed E-state index contributed by atoms with van der Waals surface area (Å²) in [4.78, 5) is 11.2.